The maximum Gasteiger partial charge on any atom is 0.295 e. The number of nitrogens with one attached hydrogen (secondary N) is 2. The summed E-state index contributed by atoms with van der Waals surface area (Å²) < 4.78 is 32.9. The van der Waals surface area contributed by atoms with E-state index < -0.39 is 10.0 Å². The van der Waals surface area contributed by atoms with Gasteiger partial charge in [0.1, 0.15) is 5.76 Å². The number of furan rings is 1. The highest BCUT2D eigenvalue weighted by Gasteiger charge is 2.20. The smallest absolute Gasteiger partial charge is 0.295 e. The highest BCUT2D eigenvalue weighted by molar-refractivity contribution is 9.10. The van der Waals surface area contributed by atoms with Crippen LogP contribution in [0, 0.1) is 0 Å². The van der Waals surface area contributed by atoms with Gasteiger partial charge in [-0.1, -0.05) is 13.8 Å². The molecule has 2 aromatic rings. The number of hydrogen-bond donors (Lipinski definition) is 2. The molecule has 6 nitrogen and oxygen atoms in total. The van der Waals surface area contributed by atoms with E-state index in [1.807, 2.05) is 13.8 Å². The third kappa shape index (κ3) is 4.29. The highest BCUT2D eigenvalue weighted by Crippen LogP contribution is 2.24. The molecule has 21 heavy (non-hydrogen) atoms. The van der Waals surface area contributed by atoms with Crippen LogP contribution in [0.25, 0.3) is 0 Å². The summed E-state index contributed by atoms with van der Waals surface area (Å²) in [5.74, 6) is 0.567. The van der Waals surface area contributed by atoms with E-state index in [1.165, 1.54) is 18.5 Å². The number of nitrogens with zero attached hydrogens (tertiary/aromatic N) is 1. The van der Waals surface area contributed by atoms with Crippen LogP contribution in [-0.2, 0) is 16.6 Å². The Morgan fingerprint density at radius 2 is 2.10 bits per heavy atom. The van der Waals surface area contributed by atoms with Gasteiger partial charge < -0.3 is 9.73 Å². The molecule has 0 saturated heterocycles. The lowest BCUT2D eigenvalue weighted by atomic mass is 10.3. The second-order valence-corrected chi connectivity index (χ2v) is 7.19. The van der Waals surface area contributed by atoms with E-state index >= 15 is 0 Å². The molecule has 2 aromatic heterocycles. The van der Waals surface area contributed by atoms with Crippen LogP contribution in [0.1, 0.15) is 19.6 Å². The molecule has 114 valence electrons. The molecule has 2 N–H and O–H groups in total. The Bertz CT molecular complexity index is 713. The Kier molecular flexibility index (Phi) is 5.02. The number of anilines is 1. The molecule has 0 atom stereocenters. The molecule has 0 fully saturated rings. The summed E-state index contributed by atoms with van der Waals surface area (Å²) >= 11 is 3.24. The van der Waals surface area contributed by atoms with Gasteiger partial charge in [0.25, 0.3) is 10.0 Å². The zero-order valence-electron chi connectivity index (χ0n) is 11.6. The summed E-state index contributed by atoms with van der Waals surface area (Å²) in [6.07, 6.45) is 3.01. The first-order chi connectivity index (χ1) is 9.88. The lowest BCUT2D eigenvalue weighted by Crippen LogP contribution is -2.21. The monoisotopic (exact) mass is 373 g/mol. The van der Waals surface area contributed by atoms with E-state index in [0.717, 1.165) is 0 Å². The van der Waals surface area contributed by atoms with Crippen molar-refractivity contribution in [1.29, 1.82) is 0 Å². The van der Waals surface area contributed by atoms with Crippen LogP contribution >= 0.6 is 15.9 Å². The van der Waals surface area contributed by atoms with Gasteiger partial charge in [-0.05, 0) is 34.1 Å². The van der Waals surface area contributed by atoms with Crippen LogP contribution in [0.5, 0.6) is 0 Å². The topological polar surface area (TPSA) is 84.2 Å². The SMILES string of the molecule is CC(C)NCc1ccc(S(=O)(=O)Nc2ccncc2Br)o1. The Balaban J connectivity index is 2.15. The molecule has 0 aliphatic rings. The molecule has 0 spiro atoms. The van der Waals surface area contributed by atoms with Crippen LogP contribution in [0.2, 0.25) is 0 Å². The lowest BCUT2D eigenvalue weighted by Gasteiger charge is -2.07. The molecule has 2 heterocycles. The van der Waals surface area contributed by atoms with Crippen molar-refractivity contribution in [2.24, 2.45) is 0 Å². The fourth-order valence-electron chi connectivity index (χ4n) is 1.56. The number of aromatic nitrogens is 1. The Hall–Kier alpha value is -1.38. The molecular formula is C13H16BrN3O3S. The van der Waals surface area contributed by atoms with E-state index in [4.69, 9.17) is 4.42 Å². The van der Waals surface area contributed by atoms with Gasteiger partial charge in [0.05, 0.1) is 16.7 Å². The molecule has 0 radical (unpaired) electrons. The van der Waals surface area contributed by atoms with Gasteiger partial charge in [-0.15, -0.1) is 0 Å². The zero-order valence-corrected chi connectivity index (χ0v) is 14.0. The van der Waals surface area contributed by atoms with E-state index in [0.29, 0.717) is 28.5 Å². The van der Waals surface area contributed by atoms with Gasteiger partial charge in [-0.3, -0.25) is 9.71 Å². The van der Waals surface area contributed by atoms with Crippen LogP contribution in [0.4, 0.5) is 5.69 Å². The normalized spacial score (nSPS) is 11.8. The number of pyridine rings is 1. The standard InChI is InChI=1S/C13H16BrN3O3S/c1-9(2)16-7-10-3-4-13(20-10)21(18,19)17-12-5-6-15-8-11(12)14/h3-6,8-9,16H,7H2,1-2H3,(H,15,17). The van der Waals surface area contributed by atoms with Crippen LogP contribution in [-0.4, -0.2) is 19.4 Å². The fourth-order valence-corrected chi connectivity index (χ4v) is 3.07. The van der Waals surface area contributed by atoms with Crippen LogP contribution in [0.15, 0.2) is 44.6 Å². The average Bonchev–Trinajstić information content (AvgIpc) is 2.88. The third-order valence-electron chi connectivity index (χ3n) is 2.60. The predicted octanol–water partition coefficient (Wildman–Crippen LogP) is 2.74. The zero-order chi connectivity index (χ0) is 15.5. The fraction of sp³-hybridized carbons (Fsp3) is 0.308. The maximum atomic E-state index is 12.2. The molecule has 0 unspecified atom stereocenters. The number of sulfonamides is 1. The lowest BCUT2D eigenvalue weighted by molar-refractivity contribution is 0.396. The number of halogens is 1. The van der Waals surface area contributed by atoms with E-state index in [9.17, 15) is 8.42 Å². The summed E-state index contributed by atoms with van der Waals surface area (Å²) in [7, 11) is -3.76. The van der Waals surface area contributed by atoms with Gasteiger partial charge in [-0.2, -0.15) is 8.42 Å². The maximum absolute atomic E-state index is 12.2. The quantitative estimate of drug-likeness (QED) is 0.812. The van der Waals surface area contributed by atoms with Gasteiger partial charge in [0, 0.05) is 18.4 Å². The van der Waals surface area contributed by atoms with Crippen molar-refractivity contribution in [2.45, 2.75) is 31.5 Å². The van der Waals surface area contributed by atoms with Crippen molar-refractivity contribution in [3.8, 4) is 0 Å². The Labute approximate surface area is 132 Å². The second-order valence-electron chi connectivity index (χ2n) is 4.72. The van der Waals surface area contributed by atoms with Crippen LogP contribution < -0.4 is 10.0 Å². The van der Waals surface area contributed by atoms with Crippen molar-refractivity contribution >= 4 is 31.6 Å². The van der Waals surface area contributed by atoms with Crippen molar-refractivity contribution < 1.29 is 12.8 Å². The number of hydrogen-bond acceptors (Lipinski definition) is 5. The Morgan fingerprint density at radius 1 is 1.33 bits per heavy atom. The number of rotatable bonds is 6. The molecule has 8 heteroatoms. The Morgan fingerprint density at radius 3 is 2.76 bits per heavy atom. The molecule has 0 saturated carbocycles. The highest BCUT2D eigenvalue weighted by atomic mass is 79.9. The molecule has 0 amide bonds. The summed E-state index contributed by atoms with van der Waals surface area (Å²) in [5, 5.41) is 3.04. The van der Waals surface area contributed by atoms with Crippen LogP contribution in [0.3, 0.4) is 0 Å². The van der Waals surface area contributed by atoms with Gasteiger partial charge in [0.15, 0.2) is 0 Å². The van der Waals surface area contributed by atoms with Crippen molar-refractivity contribution in [3.63, 3.8) is 0 Å². The molecule has 2 rings (SSSR count). The van der Waals surface area contributed by atoms with Crippen molar-refractivity contribution in [3.05, 3.63) is 40.8 Å². The first-order valence-corrected chi connectivity index (χ1v) is 8.60. The summed E-state index contributed by atoms with van der Waals surface area (Å²) in [6.45, 7) is 4.48. The van der Waals surface area contributed by atoms with Crippen molar-refractivity contribution in [1.82, 2.24) is 10.3 Å². The minimum atomic E-state index is -3.76. The van der Waals surface area contributed by atoms with Gasteiger partial charge in [0.2, 0.25) is 5.09 Å². The van der Waals surface area contributed by atoms with Gasteiger partial charge in [-0.25, -0.2) is 0 Å². The predicted molar refractivity (Wildman–Crippen MR) is 83.4 cm³/mol. The summed E-state index contributed by atoms with van der Waals surface area (Å²) in [5.41, 5.74) is 0.406. The average molecular weight is 374 g/mol. The van der Waals surface area contributed by atoms with E-state index in [-0.39, 0.29) is 5.09 Å². The minimum Gasteiger partial charge on any atom is -0.446 e. The van der Waals surface area contributed by atoms with Crippen molar-refractivity contribution in [2.75, 3.05) is 4.72 Å². The van der Waals surface area contributed by atoms with E-state index in [2.05, 4.69) is 31.0 Å². The first-order valence-electron chi connectivity index (χ1n) is 6.33. The largest absolute Gasteiger partial charge is 0.446 e. The minimum absolute atomic E-state index is 0.119. The van der Waals surface area contributed by atoms with Gasteiger partial charge >= 0.3 is 0 Å². The second kappa shape index (κ2) is 6.59. The molecular weight excluding hydrogens is 358 g/mol. The summed E-state index contributed by atoms with van der Waals surface area (Å²) in [4.78, 5) is 3.88. The molecule has 0 bridgehead atoms. The summed E-state index contributed by atoms with van der Waals surface area (Å²) in [6, 6.07) is 4.94. The third-order valence-corrected chi connectivity index (χ3v) is 4.47. The molecule has 0 aliphatic heterocycles. The molecule has 0 aromatic carbocycles. The van der Waals surface area contributed by atoms with E-state index in [1.54, 1.807) is 12.1 Å². The molecule has 0 aliphatic carbocycles. The first kappa shape index (κ1) is 16.0.